The van der Waals surface area contributed by atoms with Gasteiger partial charge in [-0.1, -0.05) is 33.1 Å². The molecule has 0 aromatic rings. The first-order valence-electron chi connectivity index (χ1n) is 6.50. The van der Waals surface area contributed by atoms with Crippen molar-refractivity contribution in [1.82, 2.24) is 5.32 Å². The fourth-order valence-corrected chi connectivity index (χ4v) is 2.73. The van der Waals surface area contributed by atoms with Gasteiger partial charge >= 0.3 is 8.25 Å². The molecule has 1 atom stereocenters. The van der Waals surface area contributed by atoms with Gasteiger partial charge in [-0.05, 0) is 19.3 Å². The van der Waals surface area contributed by atoms with Crippen LogP contribution in [0, 0.1) is 0 Å². The second kappa shape index (κ2) is 7.67. The number of hydrogen-bond donors (Lipinski definition) is 2. The molecule has 1 rings (SSSR count). The molecular formula is C12H23NO3P+. The summed E-state index contributed by atoms with van der Waals surface area (Å²) in [7, 11) is -2.55. The Balaban J connectivity index is 2.65. The molecule has 0 aromatic heterocycles. The van der Waals surface area contributed by atoms with Crippen LogP contribution in [0.5, 0.6) is 0 Å². The van der Waals surface area contributed by atoms with Crippen LogP contribution in [0.25, 0.3) is 0 Å². The Morgan fingerprint density at radius 2 is 1.94 bits per heavy atom. The lowest BCUT2D eigenvalue weighted by Gasteiger charge is -2.25. The highest BCUT2D eigenvalue weighted by atomic mass is 31.1. The Bertz CT molecular complexity index is 285. The van der Waals surface area contributed by atoms with Gasteiger partial charge in [-0.15, -0.1) is 4.89 Å². The Labute approximate surface area is 104 Å². The third-order valence-electron chi connectivity index (χ3n) is 3.18. The SMILES string of the molecule is CCC(NC1CCCCC1)=C(CC)O[P+](=O)O. The smallest absolute Gasteiger partial charge is 0.383 e. The van der Waals surface area contributed by atoms with E-state index in [0.29, 0.717) is 18.2 Å². The molecule has 4 nitrogen and oxygen atoms in total. The van der Waals surface area contributed by atoms with E-state index in [0.717, 1.165) is 12.1 Å². The summed E-state index contributed by atoms with van der Waals surface area (Å²) < 4.78 is 15.7. The first-order valence-corrected chi connectivity index (χ1v) is 7.63. The van der Waals surface area contributed by atoms with E-state index in [9.17, 15) is 4.57 Å². The maximum atomic E-state index is 10.7. The third-order valence-corrected chi connectivity index (χ3v) is 3.56. The molecule has 1 unspecified atom stereocenters. The summed E-state index contributed by atoms with van der Waals surface area (Å²) in [6, 6.07) is 0.500. The normalized spacial score (nSPS) is 19.6. The Morgan fingerprint density at radius 1 is 1.29 bits per heavy atom. The van der Waals surface area contributed by atoms with Crippen LogP contribution in [0.1, 0.15) is 58.8 Å². The minimum absolute atomic E-state index is 0.500. The van der Waals surface area contributed by atoms with Crippen LogP contribution in [0.3, 0.4) is 0 Å². The van der Waals surface area contributed by atoms with E-state index in [1.165, 1.54) is 32.1 Å². The lowest BCUT2D eigenvalue weighted by atomic mass is 9.95. The molecule has 0 radical (unpaired) electrons. The molecule has 0 spiro atoms. The van der Waals surface area contributed by atoms with Crippen molar-refractivity contribution < 1.29 is 14.0 Å². The monoisotopic (exact) mass is 260 g/mol. The first kappa shape index (κ1) is 14.5. The minimum Gasteiger partial charge on any atom is -0.383 e. The quantitative estimate of drug-likeness (QED) is 0.566. The maximum Gasteiger partial charge on any atom is 0.747 e. The molecule has 0 amide bonds. The lowest BCUT2D eigenvalue weighted by molar-refractivity contribution is 0.327. The van der Waals surface area contributed by atoms with Crippen molar-refractivity contribution in [3.63, 3.8) is 0 Å². The van der Waals surface area contributed by atoms with E-state index >= 15 is 0 Å². The standard InChI is InChI=1S/C12H22NO3P/c1-3-11(12(4-2)16-17(14)15)13-10-8-6-5-7-9-10/h10,13H,3-9H2,1-2H3/p+1. The number of nitrogens with one attached hydrogen (secondary N) is 1. The van der Waals surface area contributed by atoms with Crippen LogP contribution in [-0.4, -0.2) is 10.9 Å². The molecule has 0 bridgehead atoms. The highest BCUT2D eigenvalue weighted by Crippen LogP contribution is 2.26. The maximum absolute atomic E-state index is 10.7. The van der Waals surface area contributed by atoms with E-state index in [4.69, 9.17) is 9.42 Å². The fourth-order valence-electron chi connectivity index (χ4n) is 2.30. The summed E-state index contributed by atoms with van der Waals surface area (Å²) in [6.07, 6.45) is 7.68. The average Bonchev–Trinajstić information content (AvgIpc) is 2.34. The highest BCUT2D eigenvalue weighted by molar-refractivity contribution is 7.32. The van der Waals surface area contributed by atoms with Crippen molar-refractivity contribution in [2.24, 2.45) is 0 Å². The molecule has 0 aromatic carbocycles. The van der Waals surface area contributed by atoms with Gasteiger partial charge in [0.25, 0.3) is 0 Å². The molecule has 2 N–H and O–H groups in total. The molecule has 5 heteroatoms. The average molecular weight is 260 g/mol. The van der Waals surface area contributed by atoms with Gasteiger partial charge in [0.2, 0.25) is 0 Å². The summed E-state index contributed by atoms with van der Waals surface area (Å²) in [4.78, 5) is 8.83. The molecule has 1 fully saturated rings. The second-order valence-electron chi connectivity index (χ2n) is 4.42. The van der Waals surface area contributed by atoms with Crippen LogP contribution in [0.4, 0.5) is 0 Å². The zero-order valence-electron chi connectivity index (χ0n) is 10.7. The van der Waals surface area contributed by atoms with Gasteiger partial charge in [0.15, 0.2) is 5.76 Å². The molecule has 98 valence electrons. The van der Waals surface area contributed by atoms with Gasteiger partial charge in [0.1, 0.15) is 0 Å². The zero-order valence-corrected chi connectivity index (χ0v) is 11.6. The predicted octanol–water partition coefficient (Wildman–Crippen LogP) is 3.61. The topological polar surface area (TPSA) is 58.6 Å². The number of hydrogen-bond acceptors (Lipinski definition) is 3. The van der Waals surface area contributed by atoms with Crippen LogP contribution >= 0.6 is 8.25 Å². The molecule has 0 heterocycles. The molecule has 1 aliphatic rings. The van der Waals surface area contributed by atoms with Crippen molar-refractivity contribution in [3.05, 3.63) is 11.5 Å². The van der Waals surface area contributed by atoms with Crippen molar-refractivity contribution in [1.29, 1.82) is 0 Å². The fraction of sp³-hybridized carbons (Fsp3) is 0.833. The van der Waals surface area contributed by atoms with Crippen molar-refractivity contribution >= 4 is 8.25 Å². The van der Waals surface area contributed by atoms with Crippen LogP contribution < -0.4 is 5.32 Å². The largest absolute Gasteiger partial charge is 0.747 e. The molecule has 1 aliphatic carbocycles. The molecule has 17 heavy (non-hydrogen) atoms. The third kappa shape index (κ3) is 5.05. The van der Waals surface area contributed by atoms with Crippen LogP contribution in [0.15, 0.2) is 11.5 Å². The Kier molecular flexibility index (Phi) is 6.53. The van der Waals surface area contributed by atoms with E-state index in [1.54, 1.807) is 0 Å². The molecule has 0 saturated heterocycles. The van der Waals surface area contributed by atoms with Crippen molar-refractivity contribution in [2.45, 2.75) is 64.8 Å². The zero-order chi connectivity index (χ0) is 12.7. The second-order valence-corrected chi connectivity index (χ2v) is 5.08. The number of rotatable bonds is 6. The first-order chi connectivity index (χ1) is 8.17. The van der Waals surface area contributed by atoms with Crippen LogP contribution in [0.2, 0.25) is 0 Å². The summed E-state index contributed by atoms with van der Waals surface area (Å²) in [5.74, 6) is 0.627. The van der Waals surface area contributed by atoms with Gasteiger partial charge in [-0.3, -0.25) is 0 Å². The summed E-state index contributed by atoms with van der Waals surface area (Å²) in [5, 5.41) is 3.48. The summed E-state index contributed by atoms with van der Waals surface area (Å²) >= 11 is 0. The van der Waals surface area contributed by atoms with E-state index < -0.39 is 8.25 Å². The van der Waals surface area contributed by atoms with Gasteiger partial charge in [0, 0.05) is 17.0 Å². The van der Waals surface area contributed by atoms with Crippen LogP contribution in [-0.2, 0) is 9.09 Å². The summed E-state index contributed by atoms with van der Waals surface area (Å²) in [6.45, 7) is 3.97. The van der Waals surface area contributed by atoms with E-state index in [2.05, 4.69) is 5.32 Å². The highest BCUT2D eigenvalue weighted by Gasteiger charge is 2.21. The van der Waals surface area contributed by atoms with Crippen molar-refractivity contribution in [3.8, 4) is 0 Å². The molecular weight excluding hydrogens is 237 g/mol. The van der Waals surface area contributed by atoms with Gasteiger partial charge in [-0.25, -0.2) is 4.52 Å². The Hall–Kier alpha value is -0.600. The van der Waals surface area contributed by atoms with Crippen molar-refractivity contribution in [2.75, 3.05) is 0 Å². The Morgan fingerprint density at radius 3 is 2.41 bits per heavy atom. The summed E-state index contributed by atoms with van der Waals surface area (Å²) in [5.41, 5.74) is 0.983. The number of allylic oxidation sites excluding steroid dienone is 2. The molecule has 1 saturated carbocycles. The van der Waals surface area contributed by atoms with E-state index in [-0.39, 0.29) is 0 Å². The predicted molar refractivity (Wildman–Crippen MR) is 68.5 cm³/mol. The van der Waals surface area contributed by atoms with Gasteiger partial charge in [0.05, 0.1) is 5.70 Å². The lowest BCUT2D eigenvalue weighted by Crippen LogP contribution is -2.31. The van der Waals surface area contributed by atoms with Gasteiger partial charge < -0.3 is 5.32 Å². The van der Waals surface area contributed by atoms with Gasteiger partial charge in [-0.2, -0.15) is 0 Å². The minimum atomic E-state index is -2.55. The molecule has 0 aliphatic heterocycles. The van der Waals surface area contributed by atoms with E-state index in [1.807, 2.05) is 13.8 Å².